The van der Waals surface area contributed by atoms with Crippen LogP contribution >= 0.6 is 0 Å². The highest BCUT2D eigenvalue weighted by Crippen LogP contribution is 2.67. The third kappa shape index (κ3) is 11.3. The number of ether oxygens (including phenoxy) is 4. The summed E-state index contributed by atoms with van der Waals surface area (Å²) < 4.78 is 22.4. The van der Waals surface area contributed by atoms with Crippen molar-refractivity contribution in [2.45, 2.75) is 137 Å². The first-order valence-corrected chi connectivity index (χ1v) is 20.2. The molecule has 3 saturated carbocycles. The molecule has 0 aromatic carbocycles. The van der Waals surface area contributed by atoms with Crippen molar-refractivity contribution in [1.82, 2.24) is 5.32 Å². The minimum atomic E-state index is -0.251. The molecule has 0 bridgehead atoms. The van der Waals surface area contributed by atoms with Crippen molar-refractivity contribution in [2.24, 2.45) is 52.1 Å². The predicted octanol–water partition coefficient (Wildman–Crippen LogP) is 7.62. The molecule has 0 aliphatic heterocycles. The molecular formula is C41H72N2O6. The summed E-state index contributed by atoms with van der Waals surface area (Å²) in [5.41, 5.74) is 7.71. The molecule has 0 unspecified atom stereocenters. The normalized spacial score (nSPS) is 31.4. The molecule has 3 N–H and O–H groups in total. The SMILES string of the molecule is CC(C)CCC[C@@H](C)[C@H]1CC[C@H]2[C@@H]3CC=C4C[C@@H](OC(=O)CCC(=O)NCCCOCCOCCOCCCN)CC[C@]4(C)[C@H]3CC[C@]12C. The van der Waals surface area contributed by atoms with Crippen molar-refractivity contribution in [1.29, 1.82) is 0 Å². The lowest BCUT2D eigenvalue weighted by molar-refractivity contribution is -0.152. The van der Waals surface area contributed by atoms with Crippen LogP contribution < -0.4 is 11.1 Å². The Morgan fingerprint density at radius 2 is 1.57 bits per heavy atom. The number of nitrogens with one attached hydrogen (secondary N) is 1. The first-order chi connectivity index (χ1) is 23.6. The van der Waals surface area contributed by atoms with Gasteiger partial charge in [-0.3, -0.25) is 9.59 Å². The average Bonchev–Trinajstić information content (AvgIpc) is 3.43. The summed E-state index contributed by atoms with van der Waals surface area (Å²) in [5, 5.41) is 2.89. The first kappa shape index (κ1) is 40.3. The Hall–Kier alpha value is -1.48. The van der Waals surface area contributed by atoms with E-state index in [-0.39, 0.29) is 36.2 Å². The molecule has 4 rings (SSSR count). The highest BCUT2D eigenvalue weighted by molar-refractivity contribution is 5.81. The smallest absolute Gasteiger partial charge is 0.306 e. The molecule has 1 amide bonds. The van der Waals surface area contributed by atoms with Crippen molar-refractivity contribution in [2.75, 3.05) is 52.7 Å². The molecule has 0 saturated heterocycles. The Morgan fingerprint density at radius 3 is 2.29 bits per heavy atom. The van der Waals surface area contributed by atoms with E-state index in [1.807, 2.05) is 0 Å². The molecule has 8 nitrogen and oxygen atoms in total. The van der Waals surface area contributed by atoms with E-state index in [4.69, 9.17) is 24.7 Å². The van der Waals surface area contributed by atoms with E-state index in [1.165, 1.54) is 56.9 Å². The molecule has 0 radical (unpaired) electrons. The fourth-order valence-electron chi connectivity index (χ4n) is 10.4. The van der Waals surface area contributed by atoms with Gasteiger partial charge in [0, 0.05) is 32.6 Å². The van der Waals surface area contributed by atoms with E-state index in [9.17, 15) is 9.59 Å². The Morgan fingerprint density at radius 1 is 0.857 bits per heavy atom. The Bertz CT molecular complexity index is 1050. The largest absolute Gasteiger partial charge is 0.462 e. The second-order valence-electron chi connectivity index (χ2n) is 16.8. The second-order valence-corrected chi connectivity index (χ2v) is 16.8. The summed E-state index contributed by atoms with van der Waals surface area (Å²) in [7, 11) is 0. The van der Waals surface area contributed by atoms with Gasteiger partial charge in [-0.05, 0) is 111 Å². The number of fused-ring (bicyclic) bond motifs is 5. The molecule has 0 aromatic heterocycles. The van der Waals surface area contributed by atoms with Crippen LogP contribution in [0.2, 0.25) is 0 Å². The second kappa shape index (κ2) is 19.9. The van der Waals surface area contributed by atoms with Gasteiger partial charge >= 0.3 is 5.97 Å². The predicted molar refractivity (Wildman–Crippen MR) is 196 cm³/mol. The van der Waals surface area contributed by atoms with Crippen LogP contribution in [-0.2, 0) is 28.5 Å². The van der Waals surface area contributed by atoms with Crippen molar-refractivity contribution in [3.8, 4) is 0 Å². The molecule has 8 heteroatoms. The van der Waals surface area contributed by atoms with Crippen LogP contribution in [-0.4, -0.2) is 70.7 Å². The summed E-state index contributed by atoms with van der Waals surface area (Å²) in [5.74, 6) is 4.59. The van der Waals surface area contributed by atoms with Gasteiger partial charge < -0.3 is 30.0 Å². The molecule has 282 valence electrons. The van der Waals surface area contributed by atoms with Crippen molar-refractivity contribution in [3.63, 3.8) is 0 Å². The van der Waals surface area contributed by atoms with Crippen LogP contribution in [0.25, 0.3) is 0 Å². The van der Waals surface area contributed by atoms with Crippen LogP contribution in [0.4, 0.5) is 0 Å². The minimum Gasteiger partial charge on any atom is -0.462 e. The fourth-order valence-corrected chi connectivity index (χ4v) is 10.4. The fraction of sp³-hybridized carbons (Fsp3) is 0.902. The molecule has 0 aromatic rings. The number of hydrogen-bond acceptors (Lipinski definition) is 7. The van der Waals surface area contributed by atoms with E-state index in [1.54, 1.807) is 0 Å². The Balaban J connectivity index is 1.11. The molecule has 0 spiro atoms. The standard InChI is InChI=1S/C41H72N2O6/c1-30(2)9-6-10-31(3)35-13-14-36-34-12-11-32-29-33(17-19-40(32,4)37(34)18-20-41(35,36)5)49-39(45)16-15-38(44)43-22-8-24-47-26-28-48-27-25-46-23-7-21-42/h11,30-31,33-37H,6-10,12-29,42H2,1-5H3,(H,43,44)/t31-,33+,34+,35-,36+,37+,40+,41-/m1/s1. The topological polar surface area (TPSA) is 109 Å². The molecule has 0 heterocycles. The lowest BCUT2D eigenvalue weighted by atomic mass is 9.47. The molecule has 4 aliphatic rings. The summed E-state index contributed by atoms with van der Waals surface area (Å²) in [6.07, 6.45) is 18.2. The maximum Gasteiger partial charge on any atom is 0.306 e. The van der Waals surface area contributed by atoms with Crippen LogP contribution in [0, 0.1) is 46.3 Å². The number of amides is 1. The molecule has 4 aliphatic carbocycles. The van der Waals surface area contributed by atoms with Gasteiger partial charge in [0.1, 0.15) is 6.10 Å². The lowest BCUT2D eigenvalue weighted by Crippen LogP contribution is -2.51. The lowest BCUT2D eigenvalue weighted by Gasteiger charge is -2.58. The highest BCUT2D eigenvalue weighted by atomic mass is 16.5. The minimum absolute atomic E-state index is 0.0624. The molecular weight excluding hydrogens is 616 g/mol. The van der Waals surface area contributed by atoms with Gasteiger partial charge in [-0.15, -0.1) is 0 Å². The molecule has 3 fully saturated rings. The van der Waals surface area contributed by atoms with E-state index >= 15 is 0 Å². The number of carbonyl (C=O) groups excluding carboxylic acids is 2. The Labute approximate surface area is 298 Å². The number of hydrogen-bond donors (Lipinski definition) is 2. The quantitative estimate of drug-likeness (QED) is 0.0684. The van der Waals surface area contributed by atoms with E-state index in [2.05, 4.69) is 46.0 Å². The zero-order chi connectivity index (χ0) is 35.3. The van der Waals surface area contributed by atoms with Crippen molar-refractivity contribution in [3.05, 3.63) is 11.6 Å². The first-order valence-electron chi connectivity index (χ1n) is 20.2. The third-order valence-corrected chi connectivity index (χ3v) is 13.1. The summed E-state index contributed by atoms with van der Waals surface area (Å²) >= 11 is 0. The van der Waals surface area contributed by atoms with E-state index < -0.39 is 0 Å². The molecule has 8 atom stereocenters. The zero-order valence-electron chi connectivity index (χ0n) is 31.9. The third-order valence-electron chi connectivity index (χ3n) is 13.1. The number of nitrogens with two attached hydrogens (primary N) is 1. The van der Waals surface area contributed by atoms with Gasteiger partial charge in [0.05, 0.1) is 32.8 Å². The van der Waals surface area contributed by atoms with Crippen LogP contribution in [0.3, 0.4) is 0 Å². The Kier molecular flexibility index (Phi) is 16.4. The maximum absolute atomic E-state index is 12.8. The summed E-state index contributed by atoms with van der Waals surface area (Å²) in [6, 6.07) is 0. The van der Waals surface area contributed by atoms with Gasteiger partial charge in [-0.1, -0.05) is 65.5 Å². The number of rotatable bonds is 22. The van der Waals surface area contributed by atoms with Gasteiger partial charge in [0.2, 0.25) is 5.91 Å². The van der Waals surface area contributed by atoms with Gasteiger partial charge in [-0.25, -0.2) is 0 Å². The van der Waals surface area contributed by atoms with Gasteiger partial charge in [-0.2, -0.15) is 0 Å². The van der Waals surface area contributed by atoms with Crippen LogP contribution in [0.5, 0.6) is 0 Å². The van der Waals surface area contributed by atoms with E-state index in [0.717, 1.165) is 61.2 Å². The van der Waals surface area contributed by atoms with Gasteiger partial charge in [0.25, 0.3) is 0 Å². The van der Waals surface area contributed by atoms with Crippen molar-refractivity contribution < 1.29 is 28.5 Å². The average molecular weight is 689 g/mol. The number of esters is 1. The van der Waals surface area contributed by atoms with Crippen LogP contribution in [0.15, 0.2) is 11.6 Å². The van der Waals surface area contributed by atoms with Crippen LogP contribution in [0.1, 0.15) is 131 Å². The monoisotopic (exact) mass is 689 g/mol. The van der Waals surface area contributed by atoms with Gasteiger partial charge in [0.15, 0.2) is 0 Å². The van der Waals surface area contributed by atoms with Crippen molar-refractivity contribution >= 4 is 11.9 Å². The van der Waals surface area contributed by atoms with E-state index in [0.29, 0.717) is 64.6 Å². The maximum atomic E-state index is 12.8. The molecule has 49 heavy (non-hydrogen) atoms. The zero-order valence-corrected chi connectivity index (χ0v) is 31.9. The number of allylic oxidation sites excluding steroid dienone is 1. The summed E-state index contributed by atoms with van der Waals surface area (Å²) in [4.78, 5) is 25.1. The highest BCUT2D eigenvalue weighted by Gasteiger charge is 2.59. The number of carbonyl (C=O) groups is 2. The summed E-state index contributed by atoms with van der Waals surface area (Å²) in [6.45, 7) is 17.0.